The Morgan fingerprint density at radius 2 is 2.16 bits per heavy atom. The lowest BCUT2D eigenvalue weighted by Gasteiger charge is -2.13. The van der Waals surface area contributed by atoms with Gasteiger partial charge in [-0.3, -0.25) is 4.79 Å². The Balaban J connectivity index is 3.05. The van der Waals surface area contributed by atoms with E-state index in [0.29, 0.717) is 12.5 Å². The molecule has 0 saturated carbocycles. The first kappa shape index (κ1) is 15.0. The summed E-state index contributed by atoms with van der Waals surface area (Å²) in [5.41, 5.74) is 4.30. The van der Waals surface area contributed by atoms with Crippen LogP contribution >= 0.6 is 0 Å². The molecule has 7 heteroatoms. The lowest BCUT2D eigenvalue weighted by Crippen LogP contribution is -2.35. The number of nitrogens with two attached hydrogens (primary N) is 1. The van der Waals surface area contributed by atoms with Crippen LogP contribution in [0.3, 0.4) is 0 Å². The van der Waals surface area contributed by atoms with E-state index in [0.717, 1.165) is 12.1 Å². The maximum Gasteiger partial charge on any atom is 0.416 e. The van der Waals surface area contributed by atoms with E-state index in [1.165, 1.54) is 0 Å². The van der Waals surface area contributed by atoms with Crippen LogP contribution in [0.1, 0.15) is 24.5 Å². The van der Waals surface area contributed by atoms with Gasteiger partial charge in [-0.15, -0.1) is 0 Å². The molecule has 4 nitrogen and oxygen atoms in total. The number of anilines is 1. The van der Waals surface area contributed by atoms with Crippen LogP contribution in [0.15, 0.2) is 18.2 Å². The number of nitrogens with one attached hydrogen (secondary N) is 1. The van der Waals surface area contributed by atoms with Crippen molar-refractivity contribution in [2.24, 2.45) is 5.73 Å². The van der Waals surface area contributed by atoms with E-state index in [1.807, 2.05) is 0 Å². The van der Waals surface area contributed by atoms with Crippen molar-refractivity contribution in [3.05, 3.63) is 29.3 Å². The predicted molar refractivity (Wildman–Crippen MR) is 63.1 cm³/mol. The first-order valence-corrected chi connectivity index (χ1v) is 5.47. The molecule has 0 aliphatic carbocycles. The molecule has 102 valence electrons. The lowest BCUT2D eigenvalue weighted by atomic mass is 10.1. The number of rotatable bonds is 3. The minimum Gasteiger partial charge on any atom is -0.324 e. The number of nitrogens with zero attached hydrogens (tertiary/aromatic N) is 1. The summed E-state index contributed by atoms with van der Waals surface area (Å²) in [6.07, 6.45) is -4.15. The van der Waals surface area contributed by atoms with Gasteiger partial charge in [0, 0.05) is 0 Å². The molecule has 0 bridgehead atoms. The van der Waals surface area contributed by atoms with Crippen LogP contribution in [-0.4, -0.2) is 11.9 Å². The molecule has 3 N–H and O–H groups in total. The molecule has 1 atom stereocenters. The van der Waals surface area contributed by atoms with E-state index in [1.54, 1.807) is 13.0 Å². The van der Waals surface area contributed by atoms with Crippen molar-refractivity contribution in [1.82, 2.24) is 0 Å². The number of benzene rings is 1. The average molecular weight is 271 g/mol. The monoisotopic (exact) mass is 271 g/mol. The van der Waals surface area contributed by atoms with Crippen molar-refractivity contribution in [2.75, 3.05) is 5.32 Å². The molecule has 0 unspecified atom stereocenters. The van der Waals surface area contributed by atoms with Gasteiger partial charge in [-0.25, -0.2) is 0 Å². The van der Waals surface area contributed by atoms with Crippen LogP contribution in [0.25, 0.3) is 0 Å². The van der Waals surface area contributed by atoms with E-state index in [4.69, 9.17) is 11.0 Å². The van der Waals surface area contributed by atoms with Crippen molar-refractivity contribution in [1.29, 1.82) is 5.26 Å². The number of carbonyl (C=O) groups excluding carboxylic acids is 1. The molecule has 0 aliphatic rings. The van der Waals surface area contributed by atoms with Crippen LogP contribution in [0.4, 0.5) is 18.9 Å². The second kappa shape index (κ2) is 5.71. The number of alkyl halides is 3. The minimum atomic E-state index is -4.53. The van der Waals surface area contributed by atoms with Crippen molar-refractivity contribution < 1.29 is 18.0 Å². The second-order valence-electron chi connectivity index (χ2n) is 3.87. The topological polar surface area (TPSA) is 78.9 Å². The quantitative estimate of drug-likeness (QED) is 0.885. The summed E-state index contributed by atoms with van der Waals surface area (Å²) < 4.78 is 37.4. The van der Waals surface area contributed by atoms with E-state index in [9.17, 15) is 18.0 Å². The third kappa shape index (κ3) is 3.69. The van der Waals surface area contributed by atoms with Gasteiger partial charge in [0.25, 0.3) is 0 Å². The van der Waals surface area contributed by atoms with Gasteiger partial charge in [0.15, 0.2) is 0 Å². The highest BCUT2D eigenvalue weighted by atomic mass is 19.4. The highest BCUT2D eigenvalue weighted by Gasteiger charge is 2.31. The molecule has 0 aliphatic heterocycles. The highest BCUT2D eigenvalue weighted by Crippen LogP contribution is 2.31. The number of nitriles is 1. The van der Waals surface area contributed by atoms with Crippen LogP contribution < -0.4 is 11.1 Å². The zero-order valence-electron chi connectivity index (χ0n) is 10.1. The Kier molecular flexibility index (Phi) is 4.51. The minimum absolute atomic E-state index is 0.0180. The van der Waals surface area contributed by atoms with Gasteiger partial charge >= 0.3 is 6.18 Å². The molecule has 1 aromatic rings. The summed E-state index contributed by atoms with van der Waals surface area (Å²) >= 11 is 0. The number of hydrogen-bond donors (Lipinski definition) is 2. The molecule has 19 heavy (non-hydrogen) atoms. The molecule has 0 radical (unpaired) electrons. The average Bonchev–Trinajstić information content (AvgIpc) is 2.36. The molecule has 1 amide bonds. The number of amides is 1. The zero-order valence-corrected chi connectivity index (χ0v) is 10.1. The maximum atomic E-state index is 12.5. The van der Waals surface area contributed by atoms with E-state index in [-0.39, 0.29) is 11.3 Å². The van der Waals surface area contributed by atoms with Crippen molar-refractivity contribution in [3.63, 3.8) is 0 Å². The first-order valence-electron chi connectivity index (χ1n) is 5.47. The van der Waals surface area contributed by atoms with Gasteiger partial charge in [-0.05, 0) is 24.6 Å². The SMILES string of the molecule is CC[C@H](N)C(=O)Nc1ccc(C(F)(F)F)cc1C#N. The largest absolute Gasteiger partial charge is 0.416 e. The Hall–Kier alpha value is -2.07. The standard InChI is InChI=1S/C12H12F3N3O/c1-2-9(17)11(19)18-10-4-3-8(12(13,14)15)5-7(10)6-16/h3-5,9H,2,17H2,1H3,(H,18,19)/t9-/m0/s1. The van der Waals surface area contributed by atoms with Crippen LogP contribution in [0.5, 0.6) is 0 Å². The molecule has 0 fully saturated rings. The molecule has 0 spiro atoms. The molecule has 0 heterocycles. The zero-order chi connectivity index (χ0) is 14.6. The normalized spacial score (nSPS) is 12.6. The molecular weight excluding hydrogens is 259 g/mol. The number of hydrogen-bond acceptors (Lipinski definition) is 3. The Morgan fingerprint density at radius 3 is 2.63 bits per heavy atom. The van der Waals surface area contributed by atoms with Gasteiger partial charge in [-0.1, -0.05) is 6.92 Å². The van der Waals surface area contributed by atoms with Crippen molar-refractivity contribution in [2.45, 2.75) is 25.6 Å². The van der Waals surface area contributed by atoms with Gasteiger partial charge in [0.2, 0.25) is 5.91 Å². The molecule has 0 aromatic heterocycles. The van der Waals surface area contributed by atoms with Crippen LogP contribution in [0, 0.1) is 11.3 Å². The van der Waals surface area contributed by atoms with Gasteiger partial charge in [0.1, 0.15) is 6.07 Å². The number of halogens is 3. The number of carbonyl (C=O) groups is 1. The predicted octanol–water partition coefficient (Wildman–Crippen LogP) is 2.25. The van der Waals surface area contributed by atoms with E-state index >= 15 is 0 Å². The smallest absolute Gasteiger partial charge is 0.324 e. The van der Waals surface area contributed by atoms with Crippen molar-refractivity contribution >= 4 is 11.6 Å². The maximum absolute atomic E-state index is 12.5. The van der Waals surface area contributed by atoms with Gasteiger partial charge in [0.05, 0.1) is 22.9 Å². The molecular formula is C12H12F3N3O. The second-order valence-corrected chi connectivity index (χ2v) is 3.87. The Labute approximate surface area is 108 Å². The first-order chi connectivity index (χ1) is 8.79. The summed E-state index contributed by atoms with van der Waals surface area (Å²) in [6.45, 7) is 1.70. The molecule has 0 saturated heterocycles. The third-order valence-corrected chi connectivity index (χ3v) is 2.50. The summed E-state index contributed by atoms with van der Waals surface area (Å²) in [7, 11) is 0. The fourth-order valence-electron chi connectivity index (χ4n) is 1.33. The summed E-state index contributed by atoms with van der Waals surface area (Å²) in [5, 5.41) is 11.2. The van der Waals surface area contributed by atoms with E-state index < -0.39 is 23.7 Å². The summed E-state index contributed by atoms with van der Waals surface area (Å²) in [5.74, 6) is -0.543. The Morgan fingerprint density at radius 1 is 1.53 bits per heavy atom. The summed E-state index contributed by atoms with van der Waals surface area (Å²) in [4.78, 5) is 11.5. The molecule has 1 rings (SSSR count). The van der Waals surface area contributed by atoms with Crippen LogP contribution in [-0.2, 0) is 11.0 Å². The van der Waals surface area contributed by atoms with Gasteiger partial charge < -0.3 is 11.1 Å². The fraction of sp³-hybridized carbons (Fsp3) is 0.333. The highest BCUT2D eigenvalue weighted by molar-refractivity contribution is 5.95. The lowest BCUT2D eigenvalue weighted by molar-refractivity contribution is -0.137. The Bertz CT molecular complexity index is 520. The fourth-order valence-corrected chi connectivity index (χ4v) is 1.33. The van der Waals surface area contributed by atoms with E-state index in [2.05, 4.69) is 5.32 Å². The molecule has 1 aromatic carbocycles. The summed E-state index contributed by atoms with van der Waals surface area (Å²) in [6, 6.07) is 3.38. The van der Waals surface area contributed by atoms with Gasteiger partial charge in [-0.2, -0.15) is 18.4 Å². The third-order valence-electron chi connectivity index (χ3n) is 2.50. The van der Waals surface area contributed by atoms with Crippen molar-refractivity contribution in [3.8, 4) is 6.07 Å². The van der Waals surface area contributed by atoms with Crippen LogP contribution in [0.2, 0.25) is 0 Å².